The van der Waals surface area contributed by atoms with Crippen LogP contribution in [0.2, 0.25) is 0 Å². The van der Waals surface area contributed by atoms with E-state index in [9.17, 15) is 0 Å². The fourth-order valence-electron chi connectivity index (χ4n) is 14.8. The molecule has 0 aliphatic heterocycles. The van der Waals surface area contributed by atoms with Gasteiger partial charge in [0.15, 0.2) is 0 Å². The molecule has 0 atom stereocenters. The standard InChI is InChI=1S/C15H15N.2C13H12N2.C12H10N2.2C11H13N.2C9H10N2/c1-10-4-6-14-12(8-10)13-9-11(2)5-7-15(13)16(14)3;1-9-11-8-7-10-5-3-4-6-12(10)13(11)15(2)14-9;1-9-14-12-8-7-10-5-3-4-6-11(10)13(12)15(9)2;1-14-10-6-3-2-5-9(10)12-11(14)7-4-8-13-12;1-8-10-6-4-5-7-11(10)9(2)12(8)3;1-8-9(2)12(3)11-7-5-4-6-10(8)11;1-7-10-8-5-3-4-6-9(8)11(7)2;1-7-8-5-3-4-6-9(8)11(2)10-7/h4-9H,1-3H3;2*3-8H,1-2H3;2-8H,1H3;2*4-7H,1-3H3;2*3-6H,1-2H3. The van der Waals surface area contributed by atoms with Gasteiger partial charge in [-0.3, -0.25) is 14.3 Å². The van der Waals surface area contributed by atoms with Crippen molar-refractivity contribution in [3.63, 3.8) is 0 Å². The first-order valence-corrected chi connectivity index (χ1v) is 36.2. The highest BCUT2D eigenvalue weighted by Crippen LogP contribution is 2.32. The van der Waals surface area contributed by atoms with E-state index in [0.717, 1.165) is 39.6 Å². The van der Waals surface area contributed by atoms with Crippen molar-refractivity contribution in [3.05, 3.63) is 306 Å². The van der Waals surface area contributed by atoms with Crippen LogP contribution < -0.4 is 0 Å². The Kier molecular flexibility index (Phi) is 20.7. The lowest BCUT2D eigenvalue weighted by molar-refractivity contribution is 0.783. The third-order valence-electron chi connectivity index (χ3n) is 21.3. The second-order valence-corrected chi connectivity index (χ2v) is 27.8. The Morgan fingerprint density at radius 3 is 1.27 bits per heavy atom. The minimum Gasteiger partial charge on any atom is -0.351 e. The maximum atomic E-state index is 4.53. The summed E-state index contributed by atoms with van der Waals surface area (Å²) in [6.07, 6.45) is 1.84. The zero-order valence-corrected chi connectivity index (χ0v) is 64.5. The van der Waals surface area contributed by atoms with Crippen molar-refractivity contribution in [2.45, 2.75) is 69.2 Å². The molecule has 0 fully saturated rings. The van der Waals surface area contributed by atoms with Crippen molar-refractivity contribution in [1.29, 1.82) is 0 Å². The first kappa shape index (κ1) is 72.0. The van der Waals surface area contributed by atoms with Gasteiger partial charge in [-0.15, -0.1) is 0 Å². The number of aryl methyl sites for hydroxylation is 16. The third kappa shape index (κ3) is 14.0. The SMILES string of the molecule is Cc1c(C)n(C)c2ccccc12.Cc1c2ccccc2c(C)n1C.Cc1ccc2c(c1)c1cc(C)ccc1n2C.Cc1nc2ccc3ccccc3c2n1C.Cc1nc2ccccc2n1C.Cc1nn(C)c2c1ccc1ccccc12.Cc1nn(C)c2ccccc12.Cn1c2ccccc2c2ncccc21. The molecule has 0 aliphatic carbocycles. The van der Waals surface area contributed by atoms with Gasteiger partial charge in [0.2, 0.25) is 0 Å². The predicted molar refractivity (Wildman–Crippen MR) is 450 cm³/mol. The normalized spacial score (nSPS) is 11.1. The molecule has 20 aromatic rings. The summed E-state index contributed by atoms with van der Waals surface area (Å²) in [4.78, 5) is 13.3. The number of pyridine rings is 1. The molecule has 0 spiro atoms. The highest BCUT2D eigenvalue weighted by Gasteiger charge is 2.13. The first-order valence-electron chi connectivity index (χ1n) is 36.2. The van der Waals surface area contributed by atoms with E-state index in [0.29, 0.717) is 0 Å². The lowest BCUT2D eigenvalue weighted by Gasteiger charge is -2.01. The maximum absolute atomic E-state index is 4.53. The zero-order chi connectivity index (χ0) is 74.8. The summed E-state index contributed by atoms with van der Waals surface area (Å²) in [7, 11) is 16.5. The number of hydrogen-bond acceptors (Lipinski definition) is 5. The van der Waals surface area contributed by atoms with Crippen LogP contribution in [0.1, 0.15) is 56.8 Å². The molecule has 0 radical (unpaired) electrons. The Bertz CT molecular complexity index is 6230. The van der Waals surface area contributed by atoms with Crippen LogP contribution in [0.5, 0.6) is 0 Å². The molecular weight excluding hydrogens is 1300 g/mol. The number of aromatic nitrogens is 13. The van der Waals surface area contributed by atoms with Crippen LogP contribution in [0.25, 0.3) is 131 Å². The highest BCUT2D eigenvalue weighted by molar-refractivity contribution is 6.09. The molecule has 0 aliphatic rings. The van der Waals surface area contributed by atoms with Crippen LogP contribution in [0.3, 0.4) is 0 Å². The van der Waals surface area contributed by atoms with Crippen molar-refractivity contribution in [2.75, 3.05) is 0 Å². The monoisotopic (exact) mass is 1390 g/mol. The van der Waals surface area contributed by atoms with E-state index in [1.807, 2.05) is 93.9 Å². The summed E-state index contributed by atoms with van der Waals surface area (Å²) in [5, 5.41) is 24.4. The molecule has 13 nitrogen and oxygen atoms in total. The second-order valence-electron chi connectivity index (χ2n) is 27.8. The van der Waals surface area contributed by atoms with Crippen LogP contribution >= 0.6 is 0 Å². The molecule has 0 unspecified atom stereocenters. The van der Waals surface area contributed by atoms with Crippen molar-refractivity contribution in [3.8, 4) is 0 Å². The molecule has 0 saturated carbocycles. The average Bonchev–Trinajstić information content (AvgIpc) is 1.60. The van der Waals surface area contributed by atoms with E-state index in [4.69, 9.17) is 0 Å². The van der Waals surface area contributed by atoms with Gasteiger partial charge in [-0.2, -0.15) is 10.2 Å². The van der Waals surface area contributed by atoms with Crippen molar-refractivity contribution < 1.29 is 0 Å². The van der Waals surface area contributed by atoms with Crippen molar-refractivity contribution >= 4 is 131 Å². The average molecular weight is 1390 g/mol. The topological polar surface area (TPSA) is 104 Å². The van der Waals surface area contributed by atoms with Crippen molar-refractivity contribution in [2.24, 2.45) is 56.4 Å². The van der Waals surface area contributed by atoms with Gasteiger partial charge in [0.25, 0.3) is 0 Å². The minimum atomic E-state index is 1.06. The van der Waals surface area contributed by atoms with Crippen LogP contribution in [-0.4, -0.2) is 61.9 Å². The van der Waals surface area contributed by atoms with Crippen LogP contribution in [0.15, 0.2) is 249 Å². The number of fused-ring (bicyclic) bond motifs is 16. The molecule has 106 heavy (non-hydrogen) atoms. The Balaban J connectivity index is 0.000000108. The molecule has 13 heteroatoms. The number of rotatable bonds is 0. The number of imidazole rings is 2. The lowest BCUT2D eigenvalue weighted by atomic mass is 10.1. The molecule has 9 aromatic heterocycles. The second kappa shape index (κ2) is 30.5. The number of nitrogens with zero attached hydrogens (tertiary/aromatic N) is 13. The molecule has 0 N–H and O–H groups in total. The van der Waals surface area contributed by atoms with E-state index in [-0.39, 0.29) is 0 Å². The number of hydrogen-bond donors (Lipinski definition) is 0. The molecule has 20 rings (SSSR count). The van der Waals surface area contributed by atoms with E-state index in [1.165, 1.54) is 148 Å². The number of benzene rings is 11. The highest BCUT2D eigenvalue weighted by atomic mass is 15.3. The van der Waals surface area contributed by atoms with Gasteiger partial charge >= 0.3 is 0 Å². The van der Waals surface area contributed by atoms with Gasteiger partial charge in [0.05, 0.1) is 61.0 Å². The Morgan fingerprint density at radius 2 is 0.689 bits per heavy atom. The van der Waals surface area contributed by atoms with E-state index in [2.05, 4.69) is 343 Å². The number of para-hydroxylation sites is 5. The summed E-state index contributed by atoms with van der Waals surface area (Å²) in [6, 6.07) is 84.6. The minimum absolute atomic E-state index is 1.06. The lowest BCUT2D eigenvalue weighted by Crippen LogP contribution is -1.91. The van der Waals surface area contributed by atoms with Crippen LogP contribution in [0.4, 0.5) is 0 Å². The van der Waals surface area contributed by atoms with Crippen LogP contribution in [0, 0.1) is 69.2 Å². The van der Waals surface area contributed by atoms with Gasteiger partial charge in [-0.1, -0.05) is 181 Å². The predicted octanol–water partition coefficient (Wildman–Crippen LogP) is 22.1. The molecule has 532 valence electrons. The Hall–Kier alpha value is -12.4. The largest absolute Gasteiger partial charge is 0.351 e. The van der Waals surface area contributed by atoms with Gasteiger partial charge in [-0.25, -0.2) is 9.97 Å². The zero-order valence-electron chi connectivity index (χ0n) is 64.5. The molecule has 0 saturated heterocycles. The van der Waals surface area contributed by atoms with E-state index < -0.39 is 0 Å². The molecular formula is C93H95N13. The fourth-order valence-corrected chi connectivity index (χ4v) is 14.8. The Morgan fingerprint density at radius 1 is 0.255 bits per heavy atom. The molecule has 9 heterocycles. The van der Waals surface area contributed by atoms with Crippen molar-refractivity contribution in [1.82, 2.24) is 61.9 Å². The third-order valence-corrected chi connectivity index (χ3v) is 21.3. The quantitative estimate of drug-likeness (QED) is 0.150. The fraction of sp³-hybridized carbons (Fsp3) is 0.194. The first-order chi connectivity index (χ1) is 51.1. The smallest absolute Gasteiger partial charge is 0.106 e. The summed E-state index contributed by atoms with van der Waals surface area (Å²) < 4.78 is 17.0. The van der Waals surface area contributed by atoms with Gasteiger partial charge in [-0.05, 0) is 158 Å². The Labute approximate surface area is 620 Å². The van der Waals surface area contributed by atoms with Gasteiger partial charge < -0.3 is 27.4 Å². The van der Waals surface area contributed by atoms with E-state index >= 15 is 0 Å². The van der Waals surface area contributed by atoms with E-state index in [1.54, 1.807) is 0 Å². The molecule has 0 bridgehead atoms. The summed E-state index contributed by atoms with van der Waals surface area (Å²) in [5.74, 6) is 2.12. The molecule has 0 amide bonds. The van der Waals surface area contributed by atoms with Crippen LogP contribution in [-0.2, 0) is 56.4 Å². The molecule has 11 aromatic carbocycles. The maximum Gasteiger partial charge on any atom is 0.106 e. The summed E-state index contributed by atoms with van der Waals surface area (Å²) >= 11 is 0. The van der Waals surface area contributed by atoms with Gasteiger partial charge in [0, 0.05) is 150 Å². The van der Waals surface area contributed by atoms with Gasteiger partial charge in [0.1, 0.15) is 11.6 Å². The summed E-state index contributed by atoms with van der Waals surface area (Å²) in [5.41, 5.74) is 24.8. The summed E-state index contributed by atoms with van der Waals surface area (Å²) in [6.45, 7) is 21.1.